The second-order valence-corrected chi connectivity index (χ2v) is 11.5. The van der Waals surface area contributed by atoms with Crippen LogP contribution in [0.2, 0.25) is 0 Å². The van der Waals surface area contributed by atoms with Crippen LogP contribution in [0.4, 0.5) is 5.69 Å². The minimum absolute atomic E-state index is 0.601. The fourth-order valence-electron chi connectivity index (χ4n) is 7.04. The van der Waals surface area contributed by atoms with E-state index in [-0.39, 0.29) is 0 Å². The molecular weight excluding hydrogens is 564 g/mol. The molecule has 6 aromatic carbocycles. The summed E-state index contributed by atoms with van der Waals surface area (Å²) in [6, 6.07) is 49.1. The first-order valence-electron chi connectivity index (χ1n) is 15.1. The van der Waals surface area contributed by atoms with Gasteiger partial charge in [0.25, 0.3) is 0 Å². The lowest BCUT2D eigenvalue weighted by Gasteiger charge is -2.39. The van der Waals surface area contributed by atoms with Crippen LogP contribution in [0.5, 0.6) is 11.5 Å². The van der Waals surface area contributed by atoms with Gasteiger partial charge in [-0.25, -0.2) is 19.8 Å². The zero-order valence-electron chi connectivity index (χ0n) is 24.6. The molecule has 0 saturated carbocycles. The number of fused-ring (bicyclic) bond motifs is 9. The molecule has 5 heteroatoms. The average Bonchev–Trinajstić information content (AvgIpc) is 3.41. The fourth-order valence-corrected chi connectivity index (χ4v) is 7.04. The van der Waals surface area contributed by atoms with Crippen molar-refractivity contribution in [3.05, 3.63) is 179 Å². The van der Waals surface area contributed by atoms with Gasteiger partial charge in [-0.1, -0.05) is 127 Å². The van der Waals surface area contributed by atoms with E-state index in [0.717, 1.165) is 61.6 Å². The zero-order chi connectivity index (χ0) is 30.7. The predicted octanol–water partition coefficient (Wildman–Crippen LogP) is 9.89. The molecule has 0 N–H and O–H groups in total. The van der Waals surface area contributed by atoms with Gasteiger partial charge >= 0.3 is 0 Å². The molecule has 0 radical (unpaired) electrons. The highest BCUT2D eigenvalue weighted by Crippen LogP contribution is 2.62. The molecule has 0 saturated heterocycles. The molecule has 1 aromatic heterocycles. The summed E-state index contributed by atoms with van der Waals surface area (Å²) >= 11 is 0. The maximum absolute atomic E-state index is 7.87. The van der Waals surface area contributed by atoms with Gasteiger partial charge in [0, 0.05) is 27.8 Å². The number of aromatic nitrogens is 3. The number of para-hydroxylation sites is 2. The zero-order valence-corrected chi connectivity index (χ0v) is 24.6. The Morgan fingerprint density at radius 1 is 0.457 bits per heavy atom. The summed E-state index contributed by atoms with van der Waals surface area (Å²) in [6.45, 7) is 7.87. The molecule has 0 unspecified atom stereocenters. The smallest absolute Gasteiger partial charge is 0.187 e. The van der Waals surface area contributed by atoms with Crippen LogP contribution in [0.3, 0.4) is 0 Å². The molecule has 2 heterocycles. The minimum Gasteiger partial charge on any atom is -0.457 e. The minimum atomic E-state index is -0.654. The van der Waals surface area contributed by atoms with Crippen molar-refractivity contribution in [2.45, 2.75) is 5.41 Å². The van der Waals surface area contributed by atoms with Crippen LogP contribution in [0, 0.1) is 6.57 Å². The van der Waals surface area contributed by atoms with Crippen molar-refractivity contribution in [3.63, 3.8) is 0 Å². The van der Waals surface area contributed by atoms with Gasteiger partial charge in [-0.2, -0.15) is 0 Å². The van der Waals surface area contributed by atoms with Crippen molar-refractivity contribution in [3.8, 4) is 56.8 Å². The monoisotopic (exact) mass is 588 g/mol. The van der Waals surface area contributed by atoms with E-state index in [1.54, 1.807) is 0 Å². The van der Waals surface area contributed by atoms with E-state index < -0.39 is 5.41 Å². The van der Waals surface area contributed by atoms with Crippen LogP contribution in [-0.2, 0) is 5.41 Å². The van der Waals surface area contributed by atoms with E-state index in [1.807, 2.05) is 97.1 Å². The van der Waals surface area contributed by atoms with Crippen LogP contribution >= 0.6 is 0 Å². The van der Waals surface area contributed by atoms with Crippen molar-refractivity contribution >= 4 is 5.69 Å². The SMILES string of the molecule is [C-]#[N+]c1ccc2c(c1)C1(c3ccccc3Oc3ccccc31)c1ccc(-c3nc(-c4ccccc4)nc(-c4ccccc4)n3)cc1-2. The first-order chi connectivity index (χ1) is 22.7. The Bertz CT molecular complexity index is 2260. The molecule has 7 aromatic rings. The lowest BCUT2D eigenvalue weighted by atomic mass is 9.66. The highest BCUT2D eigenvalue weighted by Gasteiger charge is 2.51. The third kappa shape index (κ3) is 3.77. The Labute approximate surface area is 266 Å². The predicted molar refractivity (Wildman–Crippen MR) is 180 cm³/mol. The van der Waals surface area contributed by atoms with E-state index in [2.05, 4.69) is 53.4 Å². The molecule has 2 aliphatic rings. The van der Waals surface area contributed by atoms with Gasteiger partial charge in [-0.3, -0.25) is 0 Å². The second-order valence-electron chi connectivity index (χ2n) is 11.5. The van der Waals surface area contributed by atoms with E-state index >= 15 is 0 Å². The molecule has 46 heavy (non-hydrogen) atoms. The Balaban J connectivity index is 1.32. The summed E-state index contributed by atoms with van der Waals surface area (Å²) in [6.07, 6.45) is 0. The van der Waals surface area contributed by atoms with Gasteiger partial charge in [-0.05, 0) is 40.5 Å². The Morgan fingerprint density at radius 3 is 1.59 bits per heavy atom. The molecule has 0 bridgehead atoms. The van der Waals surface area contributed by atoms with Crippen LogP contribution in [0.25, 0.3) is 50.1 Å². The van der Waals surface area contributed by atoms with Crippen LogP contribution in [0.15, 0.2) is 146 Å². The Kier molecular flexibility index (Phi) is 5.71. The van der Waals surface area contributed by atoms with Gasteiger partial charge in [0.2, 0.25) is 0 Å². The number of hydrogen-bond acceptors (Lipinski definition) is 4. The highest BCUT2D eigenvalue weighted by atomic mass is 16.5. The van der Waals surface area contributed by atoms with Crippen molar-refractivity contribution in [1.82, 2.24) is 15.0 Å². The van der Waals surface area contributed by atoms with Crippen LogP contribution in [-0.4, -0.2) is 15.0 Å². The van der Waals surface area contributed by atoms with Gasteiger partial charge < -0.3 is 4.74 Å². The van der Waals surface area contributed by atoms with E-state index in [1.165, 1.54) is 0 Å². The standard InChI is InChI=1S/C41H24N4O/c1-42-29-21-22-30-31-24-28(40-44-38(26-12-4-2-5-13-26)43-39(45-40)27-14-6-3-7-15-27)20-23-32(31)41(35(30)25-29)33-16-8-10-18-36(33)46-37-19-11-9-17-34(37)41/h2-25H. The Morgan fingerprint density at radius 2 is 1.00 bits per heavy atom. The lowest BCUT2D eigenvalue weighted by molar-refractivity contribution is 0.436. The van der Waals surface area contributed by atoms with E-state index in [9.17, 15) is 0 Å². The fraction of sp³-hybridized carbons (Fsp3) is 0.0244. The molecule has 0 atom stereocenters. The summed E-state index contributed by atoms with van der Waals surface area (Å²) in [5, 5.41) is 0. The van der Waals surface area contributed by atoms with Gasteiger partial charge in [0.05, 0.1) is 12.0 Å². The quantitative estimate of drug-likeness (QED) is 0.193. The molecule has 0 fully saturated rings. The maximum Gasteiger partial charge on any atom is 0.187 e. The second kappa shape index (κ2) is 10.1. The topological polar surface area (TPSA) is 52.3 Å². The maximum atomic E-state index is 7.87. The molecule has 1 spiro atoms. The molecule has 1 aliphatic carbocycles. The lowest BCUT2D eigenvalue weighted by Crippen LogP contribution is -2.32. The van der Waals surface area contributed by atoms with Crippen LogP contribution < -0.4 is 4.74 Å². The number of rotatable bonds is 3. The number of ether oxygens (including phenoxy) is 1. The van der Waals surface area contributed by atoms with Crippen molar-refractivity contribution in [2.75, 3.05) is 0 Å². The van der Waals surface area contributed by atoms with Crippen molar-refractivity contribution in [1.29, 1.82) is 0 Å². The van der Waals surface area contributed by atoms with Crippen LogP contribution in [0.1, 0.15) is 22.3 Å². The molecule has 214 valence electrons. The summed E-state index contributed by atoms with van der Waals surface area (Å²) in [7, 11) is 0. The molecular formula is C41H24N4O. The number of benzene rings is 6. The molecule has 9 rings (SSSR count). The normalized spacial score (nSPS) is 13.1. The first kappa shape index (κ1) is 26.1. The highest BCUT2D eigenvalue weighted by molar-refractivity contribution is 5.91. The largest absolute Gasteiger partial charge is 0.457 e. The van der Waals surface area contributed by atoms with Crippen molar-refractivity contribution < 1.29 is 4.74 Å². The summed E-state index contributed by atoms with van der Waals surface area (Å²) < 4.78 is 6.47. The number of hydrogen-bond donors (Lipinski definition) is 0. The third-order valence-electron chi connectivity index (χ3n) is 9.01. The molecule has 0 amide bonds. The molecule has 1 aliphatic heterocycles. The Hall–Kier alpha value is -6.38. The summed E-state index contributed by atoms with van der Waals surface area (Å²) in [4.78, 5) is 18.7. The summed E-state index contributed by atoms with van der Waals surface area (Å²) in [5.74, 6) is 3.47. The molecule has 5 nitrogen and oxygen atoms in total. The van der Waals surface area contributed by atoms with Gasteiger partial charge in [0.15, 0.2) is 23.2 Å². The summed E-state index contributed by atoms with van der Waals surface area (Å²) in [5.41, 5.74) is 9.17. The first-order valence-corrected chi connectivity index (χ1v) is 15.1. The van der Waals surface area contributed by atoms with Gasteiger partial charge in [-0.15, -0.1) is 0 Å². The van der Waals surface area contributed by atoms with Crippen molar-refractivity contribution in [2.24, 2.45) is 0 Å². The average molecular weight is 589 g/mol. The van der Waals surface area contributed by atoms with E-state index in [4.69, 9.17) is 26.3 Å². The van der Waals surface area contributed by atoms with Gasteiger partial charge in [0.1, 0.15) is 11.5 Å². The van der Waals surface area contributed by atoms with E-state index in [0.29, 0.717) is 23.2 Å². The third-order valence-corrected chi connectivity index (χ3v) is 9.01. The number of nitrogens with zero attached hydrogens (tertiary/aromatic N) is 4.